The molecule has 2 fully saturated rings. The summed E-state index contributed by atoms with van der Waals surface area (Å²) in [5, 5.41) is 0. The fraction of sp³-hybridized carbons (Fsp3) is 0.174. The lowest BCUT2D eigenvalue weighted by molar-refractivity contribution is 0.102. The third-order valence-corrected chi connectivity index (χ3v) is 10.0. The molecule has 12 nitrogen and oxygen atoms in total. The summed E-state index contributed by atoms with van der Waals surface area (Å²) >= 11 is 0. The molecule has 0 aliphatic carbocycles. The van der Waals surface area contributed by atoms with Crippen molar-refractivity contribution in [3.05, 3.63) is 168 Å². The SMILES string of the molecule is O=C(c1ccc(Oc2ncccc2[C@@H]2CCCO2)cc1)c1nc2ccccc2[nH]1.O=C(c1ccc(Oc2ncccc2[C@H]2CCCO2)cc1)c1nc2ccccc2[nH]1. The van der Waals surface area contributed by atoms with Crippen LogP contribution < -0.4 is 9.47 Å². The number of para-hydroxylation sites is 4. The molecule has 4 aromatic carbocycles. The van der Waals surface area contributed by atoms with Gasteiger partial charge in [-0.1, -0.05) is 24.3 Å². The van der Waals surface area contributed by atoms with Crippen molar-refractivity contribution in [3.63, 3.8) is 0 Å². The second-order valence-corrected chi connectivity index (χ2v) is 13.9. The Morgan fingerprint density at radius 1 is 0.534 bits per heavy atom. The van der Waals surface area contributed by atoms with Gasteiger partial charge in [0, 0.05) is 47.9 Å². The van der Waals surface area contributed by atoms with Gasteiger partial charge in [0.15, 0.2) is 11.6 Å². The second kappa shape index (κ2) is 16.6. The van der Waals surface area contributed by atoms with Crippen molar-refractivity contribution in [1.82, 2.24) is 29.9 Å². The standard InChI is InChI=1S/2C23H19N3O3/c2*27-21(22-25-18-6-1-2-7-19(18)26-22)15-9-11-16(12-10-15)29-23-17(5-3-13-24-23)20-8-4-14-28-20/h2*1-3,5-7,9-13,20H,4,8,14H2,(H,25,26)/t2*20-/m10/s1. The predicted molar refractivity (Wildman–Crippen MR) is 216 cm³/mol. The van der Waals surface area contributed by atoms with Gasteiger partial charge in [-0.25, -0.2) is 19.9 Å². The van der Waals surface area contributed by atoms with E-state index in [2.05, 4.69) is 29.9 Å². The minimum atomic E-state index is -0.161. The first-order valence-corrected chi connectivity index (χ1v) is 19.2. The van der Waals surface area contributed by atoms with Crippen molar-refractivity contribution in [1.29, 1.82) is 0 Å². The van der Waals surface area contributed by atoms with Gasteiger partial charge in [0.05, 0.1) is 34.3 Å². The molecule has 2 N–H and O–H groups in total. The minimum absolute atomic E-state index is 0.0210. The first-order chi connectivity index (χ1) is 28.6. The highest BCUT2D eigenvalue weighted by molar-refractivity contribution is 6.08. The molecule has 8 aromatic rings. The fourth-order valence-corrected chi connectivity index (χ4v) is 7.08. The lowest BCUT2D eigenvalue weighted by Crippen LogP contribution is -2.04. The van der Waals surface area contributed by atoms with Gasteiger partial charge in [-0.2, -0.15) is 0 Å². The predicted octanol–water partition coefficient (Wildman–Crippen LogP) is 9.67. The van der Waals surface area contributed by atoms with Crippen LogP contribution in [0.25, 0.3) is 22.1 Å². The molecule has 288 valence electrons. The highest BCUT2D eigenvalue weighted by Crippen LogP contribution is 2.36. The Labute approximate surface area is 333 Å². The number of nitrogens with zero attached hydrogens (tertiary/aromatic N) is 4. The first-order valence-electron chi connectivity index (χ1n) is 19.2. The number of aromatic nitrogens is 6. The molecule has 0 spiro atoms. The maximum absolute atomic E-state index is 12.8. The molecule has 0 amide bonds. The zero-order chi connectivity index (χ0) is 39.3. The maximum atomic E-state index is 12.8. The number of aromatic amines is 2. The normalized spacial score (nSPS) is 16.2. The molecule has 10 rings (SSSR count). The number of nitrogens with one attached hydrogen (secondary N) is 2. The fourth-order valence-electron chi connectivity index (χ4n) is 7.08. The van der Waals surface area contributed by atoms with Gasteiger partial charge in [-0.05, 0) is 123 Å². The molecule has 0 radical (unpaired) electrons. The molecular formula is C46H38N6O6. The van der Waals surface area contributed by atoms with Crippen LogP contribution in [0.4, 0.5) is 0 Å². The summed E-state index contributed by atoms with van der Waals surface area (Å²) in [5.74, 6) is 2.63. The van der Waals surface area contributed by atoms with E-state index >= 15 is 0 Å². The summed E-state index contributed by atoms with van der Waals surface area (Å²) in [7, 11) is 0. The number of imidazole rings is 2. The van der Waals surface area contributed by atoms with Gasteiger partial charge in [0.2, 0.25) is 23.3 Å². The van der Waals surface area contributed by atoms with Crippen molar-refractivity contribution in [2.24, 2.45) is 0 Å². The Morgan fingerprint density at radius 2 is 0.966 bits per heavy atom. The Balaban J connectivity index is 0.000000150. The van der Waals surface area contributed by atoms with Crippen molar-refractivity contribution >= 4 is 33.6 Å². The maximum Gasteiger partial charge on any atom is 0.228 e. The van der Waals surface area contributed by atoms with E-state index in [1.54, 1.807) is 60.9 Å². The molecular weight excluding hydrogens is 733 g/mol. The van der Waals surface area contributed by atoms with Crippen LogP contribution in [0.5, 0.6) is 23.3 Å². The Hall–Kier alpha value is -7.02. The van der Waals surface area contributed by atoms with E-state index in [4.69, 9.17) is 18.9 Å². The number of ketones is 2. The molecule has 2 aliphatic rings. The van der Waals surface area contributed by atoms with E-state index in [-0.39, 0.29) is 23.8 Å². The van der Waals surface area contributed by atoms with Gasteiger partial charge >= 0.3 is 0 Å². The third kappa shape index (κ3) is 7.97. The zero-order valence-corrected chi connectivity index (χ0v) is 31.3. The molecule has 2 saturated heterocycles. The largest absolute Gasteiger partial charge is 0.439 e. The molecule has 12 heteroatoms. The van der Waals surface area contributed by atoms with E-state index in [1.807, 2.05) is 72.8 Å². The lowest BCUT2D eigenvalue weighted by Gasteiger charge is -2.14. The van der Waals surface area contributed by atoms with Crippen LogP contribution in [-0.2, 0) is 9.47 Å². The van der Waals surface area contributed by atoms with E-state index in [0.717, 1.165) is 72.1 Å². The molecule has 58 heavy (non-hydrogen) atoms. The van der Waals surface area contributed by atoms with Crippen LogP contribution >= 0.6 is 0 Å². The summed E-state index contributed by atoms with van der Waals surface area (Å²) in [6, 6.07) is 36.9. The average molecular weight is 771 g/mol. The Kier molecular flexibility index (Phi) is 10.5. The van der Waals surface area contributed by atoms with Crippen LogP contribution in [0.3, 0.4) is 0 Å². The number of carbonyl (C=O) groups is 2. The third-order valence-electron chi connectivity index (χ3n) is 10.0. The molecule has 0 unspecified atom stereocenters. The number of rotatable bonds is 10. The zero-order valence-electron chi connectivity index (χ0n) is 31.3. The number of fused-ring (bicyclic) bond motifs is 2. The summed E-state index contributed by atoms with van der Waals surface area (Å²) in [5.41, 5.74) is 6.20. The van der Waals surface area contributed by atoms with E-state index in [0.29, 0.717) is 46.0 Å². The van der Waals surface area contributed by atoms with Crippen molar-refractivity contribution in [2.45, 2.75) is 37.9 Å². The molecule has 6 heterocycles. The van der Waals surface area contributed by atoms with Gasteiger partial charge in [0.25, 0.3) is 0 Å². The van der Waals surface area contributed by atoms with Crippen molar-refractivity contribution < 1.29 is 28.5 Å². The lowest BCUT2D eigenvalue weighted by atomic mass is 10.1. The van der Waals surface area contributed by atoms with Crippen molar-refractivity contribution in [3.8, 4) is 23.3 Å². The first kappa shape index (κ1) is 36.6. The Morgan fingerprint density at radius 3 is 1.36 bits per heavy atom. The number of carbonyl (C=O) groups excluding carboxylic acids is 2. The van der Waals surface area contributed by atoms with Gasteiger partial charge in [0.1, 0.15) is 11.5 Å². The summed E-state index contributed by atoms with van der Waals surface area (Å²) in [6.45, 7) is 1.52. The monoisotopic (exact) mass is 770 g/mol. The number of pyridine rings is 2. The van der Waals surface area contributed by atoms with E-state index in [9.17, 15) is 9.59 Å². The summed E-state index contributed by atoms with van der Waals surface area (Å²) in [6.07, 6.45) is 7.45. The molecule has 2 atom stereocenters. The molecule has 4 aromatic heterocycles. The number of benzene rings is 4. The van der Waals surface area contributed by atoms with Crippen LogP contribution in [0.2, 0.25) is 0 Å². The Bertz CT molecular complexity index is 2440. The minimum Gasteiger partial charge on any atom is -0.439 e. The van der Waals surface area contributed by atoms with Crippen LogP contribution in [0.1, 0.15) is 81.4 Å². The van der Waals surface area contributed by atoms with Crippen LogP contribution in [0, 0.1) is 0 Å². The summed E-state index contributed by atoms with van der Waals surface area (Å²) in [4.78, 5) is 49.1. The van der Waals surface area contributed by atoms with Crippen LogP contribution in [-0.4, -0.2) is 54.7 Å². The second-order valence-electron chi connectivity index (χ2n) is 13.9. The summed E-state index contributed by atoms with van der Waals surface area (Å²) < 4.78 is 23.5. The smallest absolute Gasteiger partial charge is 0.228 e. The molecule has 0 saturated carbocycles. The van der Waals surface area contributed by atoms with Gasteiger partial charge in [-0.15, -0.1) is 0 Å². The van der Waals surface area contributed by atoms with E-state index in [1.165, 1.54) is 0 Å². The van der Waals surface area contributed by atoms with Gasteiger partial charge in [-0.3, -0.25) is 9.59 Å². The number of hydrogen-bond donors (Lipinski definition) is 2. The highest BCUT2D eigenvalue weighted by atomic mass is 16.5. The van der Waals surface area contributed by atoms with E-state index < -0.39 is 0 Å². The van der Waals surface area contributed by atoms with Crippen molar-refractivity contribution in [2.75, 3.05) is 13.2 Å². The number of ether oxygens (including phenoxy) is 4. The number of H-pyrrole nitrogens is 2. The quantitative estimate of drug-likeness (QED) is 0.129. The van der Waals surface area contributed by atoms with Gasteiger partial charge < -0.3 is 28.9 Å². The number of hydrogen-bond acceptors (Lipinski definition) is 10. The highest BCUT2D eigenvalue weighted by Gasteiger charge is 2.24. The molecule has 0 bridgehead atoms. The van der Waals surface area contributed by atoms with Crippen LogP contribution in [0.15, 0.2) is 134 Å². The molecule has 2 aliphatic heterocycles. The average Bonchev–Trinajstić information content (AvgIpc) is 4.12. The topological polar surface area (TPSA) is 154 Å².